The lowest BCUT2D eigenvalue weighted by molar-refractivity contribution is 0.313. The highest BCUT2D eigenvalue weighted by Gasteiger charge is 2.01. The standard InChI is InChI=1S/C15H23Cl2NO/c1-2-3-4-5-6-9-18-10-11-19-15-8-7-13(16)12-14(15)17/h7-8,12,18H,2-6,9-11H2,1H3. The van der Waals surface area contributed by atoms with Gasteiger partial charge in [-0.1, -0.05) is 55.8 Å². The van der Waals surface area contributed by atoms with Crippen LogP contribution < -0.4 is 10.1 Å². The van der Waals surface area contributed by atoms with E-state index in [1.54, 1.807) is 18.2 Å². The monoisotopic (exact) mass is 303 g/mol. The molecule has 0 bridgehead atoms. The zero-order chi connectivity index (χ0) is 13.9. The minimum absolute atomic E-state index is 0.562. The van der Waals surface area contributed by atoms with Crippen molar-refractivity contribution in [2.45, 2.75) is 39.0 Å². The molecule has 2 nitrogen and oxygen atoms in total. The van der Waals surface area contributed by atoms with Crippen molar-refractivity contribution in [3.05, 3.63) is 28.2 Å². The Hall–Kier alpha value is -0.440. The van der Waals surface area contributed by atoms with E-state index in [-0.39, 0.29) is 0 Å². The lowest BCUT2D eigenvalue weighted by Gasteiger charge is -2.09. The summed E-state index contributed by atoms with van der Waals surface area (Å²) in [6.07, 6.45) is 6.53. The van der Waals surface area contributed by atoms with Crippen LogP contribution in [-0.2, 0) is 0 Å². The average Bonchev–Trinajstić information content (AvgIpc) is 2.39. The molecule has 0 aliphatic carbocycles. The molecule has 0 unspecified atom stereocenters. The first-order valence-electron chi connectivity index (χ1n) is 7.02. The van der Waals surface area contributed by atoms with Gasteiger partial charge in [0.2, 0.25) is 0 Å². The minimum atomic E-state index is 0.562. The van der Waals surface area contributed by atoms with Crippen LogP contribution in [0.4, 0.5) is 0 Å². The van der Waals surface area contributed by atoms with E-state index in [2.05, 4.69) is 12.2 Å². The summed E-state index contributed by atoms with van der Waals surface area (Å²) in [6.45, 7) is 4.75. The fourth-order valence-electron chi connectivity index (χ4n) is 1.80. The highest BCUT2D eigenvalue weighted by molar-refractivity contribution is 6.35. The topological polar surface area (TPSA) is 21.3 Å². The zero-order valence-electron chi connectivity index (χ0n) is 11.6. The number of nitrogens with one attached hydrogen (secondary N) is 1. The fraction of sp³-hybridized carbons (Fsp3) is 0.600. The van der Waals surface area contributed by atoms with E-state index >= 15 is 0 Å². The molecule has 0 fully saturated rings. The summed E-state index contributed by atoms with van der Waals surface area (Å²) >= 11 is 11.8. The fourth-order valence-corrected chi connectivity index (χ4v) is 2.27. The van der Waals surface area contributed by atoms with Gasteiger partial charge in [-0.25, -0.2) is 0 Å². The molecule has 0 heterocycles. The molecule has 0 atom stereocenters. The summed E-state index contributed by atoms with van der Waals surface area (Å²) in [5.74, 6) is 0.691. The molecule has 19 heavy (non-hydrogen) atoms. The zero-order valence-corrected chi connectivity index (χ0v) is 13.1. The first-order chi connectivity index (χ1) is 9.24. The van der Waals surface area contributed by atoms with E-state index in [4.69, 9.17) is 27.9 Å². The van der Waals surface area contributed by atoms with Crippen LogP contribution in [0.3, 0.4) is 0 Å². The molecule has 1 N–H and O–H groups in total. The Bertz CT molecular complexity index is 358. The Morgan fingerprint density at radius 1 is 1.05 bits per heavy atom. The molecule has 0 aliphatic rings. The first kappa shape index (κ1) is 16.6. The SMILES string of the molecule is CCCCCCCNCCOc1ccc(Cl)cc1Cl. The third-order valence-electron chi connectivity index (χ3n) is 2.89. The molecule has 0 saturated heterocycles. The molecule has 0 saturated carbocycles. The molecule has 108 valence electrons. The number of ether oxygens (including phenoxy) is 1. The number of hydrogen-bond donors (Lipinski definition) is 1. The molecular weight excluding hydrogens is 281 g/mol. The Kier molecular flexibility index (Phi) is 9.06. The Morgan fingerprint density at radius 2 is 1.84 bits per heavy atom. The lowest BCUT2D eigenvalue weighted by Crippen LogP contribution is -2.22. The van der Waals surface area contributed by atoms with Crippen molar-refractivity contribution in [1.82, 2.24) is 5.32 Å². The third-order valence-corrected chi connectivity index (χ3v) is 3.42. The molecule has 0 amide bonds. The van der Waals surface area contributed by atoms with Gasteiger partial charge < -0.3 is 10.1 Å². The van der Waals surface area contributed by atoms with E-state index in [9.17, 15) is 0 Å². The van der Waals surface area contributed by atoms with Crippen LogP contribution in [0, 0.1) is 0 Å². The predicted molar refractivity (Wildman–Crippen MR) is 83.6 cm³/mol. The van der Waals surface area contributed by atoms with Crippen LogP contribution >= 0.6 is 23.2 Å². The molecule has 0 aromatic heterocycles. The number of benzene rings is 1. The second-order valence-electron chi connectivity index (χ2n) is 4.59. The molecule has 1 aromatic carbocycles. The first-order valence-corrected chi connectivity index (χ1v) is 7.78. The smallest absolute Gasteiger partial charge is 0.138 e. The maximum atomic E-state index is 6.01. The number of rotatable bonds is 10. The number of hydrogen-bond acceptors (Lipinski definition) is 2. The van der Waals surface area contributed by atoms with Crippen molar-refractivity contribution in [3.63, 3.8) is 0 Å². The normalized spacial score (nSPS) is 10.7. The van der Waals surface area contributed by atoms with Crippen molar-refractivity contribution in [2.24, 2.45) is 0 Å². The predicted octanol–water partition coefficient (Wildman–Crippen LogP) is 4.93. The van der Waals surface area contributed by atoms with E-state index in [1.807, 2.05) is 0 Å². The summed E-state index contributed by atoms with van der Waals surface area (Å²) in [5, 5.41) is 4.56. The quantitative estimate of drug-likeness (QED) is 0.619. The second-order valence-corrected chi connectivity index (χ2v) is 5.43. The van der Waals surface area contributed by atoms with Crippen LogP contribution in [0.15, 0.2) is 18.2 Å². The van der Waals surface area contributed by atoms with Gasteiger partial charge >= 0.3 is 0 Å². The van der Waals surface area contributed by atoms with E-state index in [0.29, 0.717) is 22.4 Å². The summed E-state index contributed by atoms with van der Waals surface area (Å²) < 4.78 is 5.58. The van der Waals surface area contributed by atoms with Gasteiger partial charge in [-0.3, -0.25) is 0 Å². The van der Waals surface area contributed by atoms with Gasteiger partial charge in [-0.05, 0) is 31.2 Å². The maximum Gasteiger partial charge on any atom is 0.138 e. The molecular formula is C15H23Cl2NO. The van der Waals surface area contributed by atoms with Crippen molar-refractivity contribution < 1.29 is 4.74 Å². The van der Waals surface area contributed by atoms with Gasteiger partial charge in [0.05, 0.1) is 5.02 Å². The molecule has 4 heteroatoms. The van der Waals surface area contributed by atoms with Gasteiger partial charge in [-0.2, -0.15) is 0 Å². The maximum absolute atomic E-state index is 6.01. The summed E-state index contributed by atoms with van der Waals surface area (Å²) in [6, 6.07) is 5.28. The Balaban J connectivity index is 2.01. The number of unbranched alkanes of at least 4 members (excludes halogenated alkanes) is 4. The average molecular weight is 304 g/mol. The van der Waals surface area contributed by atoms with Crippen LogP contribution in [0.25, 0.3) is 0 Å². The Morgan fingerprint density at radius 3 is 2.58 bits per heavy atom. The van der Waals surface area contributed by atoms with Crippen molar-refractivity contribution in [1.29, 1.82) is 0 Å². The van der Waals surface area contributed by atoms with Crippen LogP contribution in [0.5, 0.6) is 5.75 Å². The molecule has 1 aromatic rings. The van der Waals surface area contributed by atoms with E-state index in [1.165, 1.54) is 32.1 Å². The van der Waals surface area contributed by atoms with Gasteiger partial charge in [-0.15, -0.1) is 0 Å². The highest BCUT2D eigenvalue weighted by Crippen LogP contribution is 2.27. The summed E-state index contributed by atoms with van der Waals surface area (Å²) in [7, 11) is 0. The van der Waals surface area contributed by atoms with Crippen LogP contribution in [-0.4, -0.2) is 19.7 Å². The molecule has 0 spiro atoms. The second kappa shape index (κ2) is 10.4. The van der Waals surface area contributed by atoms with Crippen molar-refractivity contribution in [3.8, 4) is 5.75 Å². The molecule has 0 radical (unpaired) electrons. The van der Waals surface area contributed by atoms with Gasteiger partial charge in [0, 0.05) is 11.6 Å². The molecule has 0 aliphatic heterocycles. The lowest BCUT2D eigenvalue weighted by atomic mass is 10.1. The minimum Gasteiger partial charge on any atom is -0.491 e. The van der Waals surface area contributed by atoms with E-state index in [0.717, 1.165) is 13.1 Å². The van der Waals surface area contributed by atoms with Gasteiger partial charge in [0.15, 0.2) is 0 Å². The molecule has 1 rings (SSSR count). The van der Waals surface area contributed by atoms with Crippen LogP contribution in [0.1, 0.15) is 39.0 Å². The largest absolute Gasteiger partial charge is 0.491 e. The van der Waals surface area contributed by atoms with Gasteiger partial charge in [0.1, 0.15) is 12.4 Å². The van der Waals surface area contributed by atoms with Crippen LogP contribution in [0.2, 0.25) is 10.0 Å². The summed E-state index contributed by atoms with van der Waals surface area (Å²) in [4.78, 5) is 0. The van der Waals surface area contributed by atoms with Gasteiger partial charge in [0.25, 0.3) is 0 Å². The third kappa shape index (κ3) is 7.66. The Labute approximate surface area is 126 Å². The summed E-state index contributed by atoms with van der Waals surface area (Å²) in [5.41, 5.74) is 0. The van der Waals surface area contributed by atoms with E-state index < -0.39 is 0 Å². The van der Waals surface area contributed by atoms with Crippen molar-refractivity contribution in [2.75, 3.05) is 19.7 Å². The number of halogens is 2. The van der Waals surface area contributed by atoms with Crippen molar-refractivity contribution >= 4 is 23.2 Å². The highest BCUT2D eigenvalue weighted by atomic mass is 35.5.